The lowest BCUT2D eigenvalue weighted by Gasteiger charge is -2.28. The van der Waals surface area contributed by atoms with E-state index < -0.39 is 11.5 Å². The molecule has 104 valence electrons. The molecule has 1 saturated carbocycles. The zero-order valence-corrected chi connectivity index (χ0v) is 11.2. The molecule has 1 heterocycles. The minimum Gasteiger partial charge on any atom is -0.481 e. The summed E-state index contributed by atoms with van der Waals surface area (Å²) in [7, 11) is 0. The van der Waals surface area contributed by atoms with Crippen molar-refractivity contribution in [1.29, 1.82) is 0 Å². The number of carbonyl (C=O) groups is 2. The van der Waals surface area contributed by atoms with Crippen molar-refractivity contribution in [2.45, 2.75) is 51.5 Å². The van der Waals surface area contributed by atoms with Gasteiger partial charge in [0.05, 0.1) is 17.7 Å². The Bertz CT molecular complexity index is 481. The van der Waals surface area contributed by atoms with Gasteiger partial charge in [-0.3, -0.25) is 9.59 Å². The van der Waals surface area contributed by atoms with E-state index in [4.69, 9.17) is 9.63 Å². The van der Waals surface area contributed by atoms with Gasteiger partial charge in [0.2, 0.25) is 0 Å². The number of nitrogens with zero attached hydrogens (tertiary/aromatic N) is 1. The average Bonchev–Trinajstić information content (AvgIpc) is 2.85. The van der Waals surface area contributed by atoms with Crippen molar-refractivity contribution in [1.82, 2.24) is 10.5 Å². The van der Waals surface area contributed by atoms with E-state index in [1.807, 2.05) is 0 Å². The van der Waals surface area contributed by atoms with Gasteiger partial charge in [-0.15, -0.1) is 0 Å². The fraction of sp³-hybridized carbons (Fsp3) is 0.615. The number of nitrogens with one attached hydrogen (secondary N) is 1. The molecule has 0 atom stereocenters. The monoisotopic (exact) mass is 266 g/mol. The molecule has 0 saturated heterocycles. The van der Waals surface area contributed by atoms with Gasteiger partial charge < -0.3 is 14.9 Å². The van der Waals surface area contributed by atoms with E-state index in [0.29, 0.717) is 29.9 Å². The Morgan fingerprint density at radius 2 is 2.00 bits per heavy atom. The van der Waals surface area contributed by atoms with Crippen LogP contribution in [0.3, 0.4) is 0 Å². The summed E-state index contributed by atoms with van der Waals surface area (Å²) in [6.45, 7) is 3.37. The lowest BCUT2D eigenvalue weighted by molar-refractivity contribution is -0.138. The summed E-state index contributed by atoms with van der Waals surface area (Å²) in [4.78, 5) is 23.3. The van der Waals surface area contributed by atoms with Crippen LogP contribution >= 0.6 is 0 Å². The molecule has 1 aromatic rings. The summed E-state index contributed by atoms with van der Waals surface area (Å²) in [6, 6.07) is 0. The summed E-state index contributed by atoms with van der Waals surface area (Å²) in [6.07, 6.45) is 3.25. The van der Waals surface area contributed by atoms with Crippen LogP contribution in [0, 0.1) is 13.8 Å². The number of aryl methyl sites for hydroxylation is 2. The molecule has 0 spiro atoms. The Labute approximate surface area is 111 Å². The maximum absolute atomic E-state index is 12.3. The lowest BCUT2D eigenvalue weighted by atomic mass is 9.92. The minimum absolute atomic E-state index is 0.0396. The second kappa shape index (κ2) is 5.03. The molecule has 0 bridgehead atoms. The maximum atomic E-state index is 12.3. The van der Waals surface area contributed by atoms with Gasteiger partial charge in [0.15, 0.2) is 0 Å². The van der Waals surface area contributed by atoms with Gasteiger partial charge in [0.1, 0.15) is 11.3 Å². The van der Waals surface area contributed by atoms with Gasteiger partial charge in [-0.1, -0.05) is 18.0 Å². The molecule has 1 aliphatic carbocycles. The Morgan fingerprint density at radius 3 is 2.47 bits per heavy atom. The molecule has 0 aliphatic heterocycles. The lowest BCUT2D eigenvalue weighted by Crippen LogP contribution is -2.48. The number of carboxylic acids is 1. The number of hydrogen-bond acceptors (Lipinski definition) is 4. The van der Waals surface area contributed by atoms with Crippen LogP contribution in [0.5, 0.6) is 0 Å². The number of carboxylic acid groups (broad SMARTS) is 1. The highest BCUT2D eigenvalue weighted by Gasteiger charge is 2.38. The molecule has 1 fully saturated rings. The molecule has 1 aliphatic rings. The first-order valence-corrected chi connectivity index (χ1v) is 6.41. The molecular weight excluding hydrogens is 248 g/mol. The zero-order valence-electron chi connectivity index (χ0n) is 11.2. The quantitative estimate of drug-likeness (QED) is 0.867. The minimum atomic E-state index is -0.888. The number of carbonyl (C=O) groups excluding carboxylic acids is 1. The van der Waals surface area contributed by atoms with Crippen LogP contribution in [0.25, 0.3) is 0 Å². The Kier molecular flexibility index (Phi) is 3.59. The molecule has 6 nitrogen and oxygen atoms in total. The highest BCUT2D eigenvalue weighted by Crippen LogP contribution is 2.33. The van der Waals surface area contributed by atoms with E-state index in [0.717, 1.165) is 12.8 Å². The van der Waals surface area contributed by atoms with Crippen LogP contribution in [0.15, 0.2) is 4.52 Å². The highest BCUT2D eigenvalue weighted by molar-refractivity contribution is 5.96. The summed E-state index contributed by atoms with van der Waals surface area (Å²) in [5, 5.41) is 15.6. The summed E-state index contributed by atoms with van der Waals surface area (Å²) in [5.74, 6) is -0.723. The second-order valence-electron chi connectivity index (χ2n) is 5.21. The van der Waals surface area contributed by atoms with E-state index in [-0.39, 0.29) is 12.3 Å². The number of amides is 1. The van der Waals surface area contributed by atoms with Crippen molar-refractivity contribution in [2.75, 3.05) is 0 Å². The van der Waals surface area contributed by atoms with E-state index in [2.05, 4.69) is 10.5 Å². The van der Waals surface area contributed by atoms with Crippen molar-refractivity contribution < 1.29 is 19.2 Å². The standard InChI is InChI=1S/C13H18N2O4/c1-8-11(9(2)19-15-8)12(18)14-13(7-10(16)17)5-3-4-6-13/h3-7H2,1-2H3,(H,14,18)(H,16,17). The van der Waals surface area contributed by atoms with Crippen LogP contribution in [0.4, 0.5) is 0 Å². The molecule has 2 N–H and O–H groups in total. The molecule has 2 rings (SSSR count). The van der Waals surface area contributed by atoms with E-state index in [9.17, 15) is 9.59 Å². The van der Waals surface area contributed by atoms with Crippen LogP contribution in [0.2, 0.25) is 0 Å². The normalized spacial score (nSPS) is 17.4. The van der Waals surface area contributed by atoms with Crippen LogP contribution in [0.1, 0.15) is 53.9 Å². The van der Waals surface area contributed by atoms with Crippen molar-refractivity contribution in [3.63, 3.8) is 0 Å². The largest absolute Gasteiger partial charge is 0.481 e. The van der Waals surface area contributed by atoms with Crippen molar-refractivity contribution in [3.05, 3.63) is 17.0 Å². The van der Waals surface area contributed by atoms with Gasteiger partial charge in [-0.2, -0.15) is 0 Å². The van der Waals surface area contributed by atoms with Crippen LogP contribution in [-0.2, 0) is 4.79 Å². The molecule has 6 heteroatoms. The third kappa shape index (κ3) is 2.77. The van der Waals surface area contributed by atoms with E-state index in [1.165, 1.54) is 0 Å². The number of rotatable bonds is 4. The van der Waals surface area contributed by atoms with Crippen molar-refractivity contribution >= 4 is 11.9 Å². The summed E-state index contributed by atoms with van der Waals surface area (Å²) >= 11 is 0. The van der Waals surface area contributed by atoms with Crippen LogP contribution in [-0.4, -0.2) is 27.7 Å². The molecule has 0 aromatic carbocycles. The van der Waals surface area contributed by atoms with Gasteiger partial charge in [0.25, 0.3) is 5.91 Å². The third-order valence-corrected chi connectivity index (χ3v) is 3.69. The molecule has 1 amide bonds. The Hall–Kier alpha value is -1.85. The van der Waals surface area contributed by atoms with Gasteiger partial charge in [0, 0.05) is 0 Å². The molecule has 0 unspecified atom stereocenters. The second-order valence-corrected chi connectivity index (χ2v) is 5.21. The summed E-state index contributed by atoms with van der Waals surface area (Å²) in [5.41, 5.74) is 0.314. The maximum Gasteiger partial charge on any atom is 0.305 e. The molecule has 0 radical (unpaired) electrons. The van der Waals surface area contributed by atoms with E-state index in [1.54, 1.807) is 13.8 Å². The fourth-order valence-electron chi connectivity index (χ4n) is 2.80. The zero-order chi connectivity index (χ0) is 14.0. The number of aromatic nitrogens is 1. The third-order valence-electron chi connectivity index (χ3n) is 3.69. The molecule has 19 heavy (non-hydrogen) atoms. The predicted molar refractivity (Wildman–Crippen MR) is 66.9 cm³/mol. The topological polar surface area (TPSA) is 92.4 Å². The fourth-order valence-corrected chi connectivity index (χ4v) is 2.80. The average molecular weight is 266 g/mol. The first-order chi connectivity index (χ1) is 8.93. The van der Waals surface area contributed by atoms with Gasteiger partial charge in [-0.05, 0) is 26.7 Å². The van der Waals surface area contributed by atoms with Crippen molar-refractivity contribution in [2.24, 2.45) is 0 Å². The van der Waals surface area contributed by atoms with Crippen molar-refractivity contribution in [3.8, 4) is 0 Å². The SMILES string of the molecule is Cc1noc(C)c1C(=O)NC1(CC(=O)O)CCCC1. The van der Waals surface area contributed by atoms with Gasteiger partial charge >= 0.3 is 5.97 Å². The molecule has 1 aromatic heterocycles. The number of aliphatic carboxylic acids is 1. The first kappa shape index (κ1) is 13.6. The Balaban J connectivity index is 2.18. The van der Waals surface area contributed by atoms with Gasteiger partial charge in [-0.25, -0.2) is 0 Å². The molecular formula is C13H18N2O4. The first-order valence-electron chi connectivity index (χ1n) is 6.41. The highest BCUT2D eigenvalue weighted by atomic mass is 16.5. The predicted octanol–water partition coefficient (Wildman–Crippen LogP) is 1.81. The smallest absolute Gasteiger partial charge is 0.305 e. The summed E-state index contributed by atoms with van der Waals surface area (Å²) < 4.78 is 4.97. The Morgan fingerprint density at radius 1 is 1.37 bits per heavy atom. The van der Waals surface area contributed by atoms with Crippen LogP contribution < -0.4 is 5.32 Å². The number of hydrogen-bond donors (Lipinski definition) is 2. The van der Waals surface area contributed by atoms with E-state index >= 15 is 0 Å².